The van der Waals surface area contributed by atoms with Crippen LogP contribution in [0, 0.1) is 13.8 Å². The summed E-state index contributed by atoms with van der Waals surface area (Å²) >= 11 is 13.0. The second kappa shape index (κ2) is 10.3. The lowest BCUT2D eigenvalue weighted by atomic mass is 10.1. The third kappa shape index (κ3) is 5.82. The first-order valence-electron chi connectivity index (χ1n) is 10.4. The lowest BCUT2D eigenvalue weighted by molar-refractivity contribution is -0.114. The fourth-order valence-corrected chi connectivity index (χ4v) is 5.63. The first-order valence-corrected chi connectivity index (χ1v) is 13.4. The lowest BCUT2D eigenvalue weighted by Gasteiger charge is -2.24. The van der Waals surface area contributed by atoms with Crippen molar-refractivity contribution in [3.8, 4) is 10.6 Å². The molecule has 11 heteroatoms. The Morgan fingerprint density at radius 3 is 2.17 bits per heavy atom. The molecule has 0 aliphatic heterocycles. The number of aryl methyl sites for hydroxylation is 2. The number of amides is 1. The van der Waals surface area contributed by atoms with Crippen molar-refractivity contribution in [2.45, 2.75) is 18.7 Å². The summed E-state index contributed by atoms with van der Waals surface area (Å²) in [6.07, 6.45) is 0. The first kappa shape index (κ1) is 25.1. The van der Waals surface area contributed by atoms with Gasteiger partial charge in [0.05, 0.1) is 10.6 Å². The molecule has 35 heavy (non-hydrogen) atoms. The van der Waals surface area contributed by atoms with Gasteiger partial charge in [-0.15, -0.1) is 10.2 Å². The molecule has 0 bridgehead atoms. The fourth-order valence-electron chi connectivity index (χ4n) is 3.20. The van der Waals surface area contributed by atoms with Crippen molar-refractivity contribution in [3.05, 3.63) is 87.9 Å². The molecule has 4 aromatic rings. The quantitative estimate of drug-likeness (QED) is 0.308. The summed E-state index contributed by atoms with van der Waals surface area (Å²) in [7, 11) is -4.06. The Bertz CT molecular complexity index is 1470. The average Bonchev–Trinajstić information content (AvgIpc) is 3.28. The van der Waals surface area contributed by atoms with Crippen LogP contribution in [0.4, 0.5) is 10.8 Å². The van der Waals surface area contributed by atoms with Gasteiger partial charge >= 0.3 is 0 Å². The van der Waals surface area contributed by atoms with Gasteiger partial charge in [0.1, 0.15) is 11.6 Å². The first-order chi connectivity index (χ1) is 16.6. The maximum absolute atomic E-state index is 13.5. The number of aromatic nitrogens is 2. The zero-order valence-corrected chi connectivity index (χ0v) is 21.8. The molecule has 0 fully saturated rings. The molecule has 0 saturated carbocycles. The minimum Gasteiger partial charge on any atom is -0.299 e. The third-order valence-corrected chi connectivity index (χ3v) is 8.41. The maximum Gasteiger partial charge on any atom is 0.264 e. The largest absolute Gasteiger partial charge is 0.299 e. The minimum absolute atomic E-state index is 0.0221. The van der Waals surface area contributed by atoms with Gasteiger partial charge in [0.15, 0.2) is 0 Å². The molecule has 0 atom stereocenters. The number of nitrogens with one attached hydrogen (secondary N) is 1. The van der Waals surface area contributed by atoms with Crippen LogP contribution in [0.25, 0.3) is 10.6 Å². The Balaban J connectivity index is 1.60. The molecule has 1 heterocycles. The highest BCUT2D eigenvalue weighted by Crippen LogP contribution is 2.29. The van der Waals surface area contributed by atoms with E-state index in [1.165, 1.54) is 35.6 Å². The lowest BCUT2D eigenvalue weighted by Crippen LogP contribution is -2.38. The van der Waals surface area contributed by atoms with E-state index in [1.54, 1.807) is 36.4 Å². The number of anilines is 2. The van der Waals surface area contributed by atoms with Crippen molar-refractivity contribution in [3.63, 3.8) is 0 Å². The molecular weight excluding hydrogens is 527 g/mol. The third-order valence-electron chi connectivity index (χ3n) is 5.23. The van der Waals surface area contributed by atoms with E-state index < -0.39 is 22.5 Å². The van der Waals surface area contributed by atoms with E-state index in [0.29, 0.717) is 20.7 Å². The van der Waals surface area contributed by atoms with Crippen LogP contribution in [-0.2, 0) is 14.8 Å². The maximum atomic E-state index is 13.5. The monoisotopic (exact) mass is 546 g/mol. The molecule has 7 nitrogen and oxygen atoms in total. The van der Waals surface area contributed by atoms with E-state index in [0.717, 1.165) is 21.0 Å². The van der Waals surface area contributed by atoms with Gasteiger partial charge in [-0.05, 0) is 73.5 Å². The molecule has 0 aliphatic rings. The van der Waals surface area contributed by atoms with E-state index in [2.05, 4.69) is 15.5 Å². The highest BCUT2D eigenvalue weighted by atomic mass is 35.5. The Labute approximate surface area is 217 Å². The number of halogens is 2. The zero-order chi connectivity index (χ0) is 25.2. The summed E-state index contributed by atoms with van der Waals surface area (Å²) in [5, 5.41) is 12.6. The van der Waals surface area contributed by atoms with Gasteiger partial charge in [-0.1, -0.05) is 52.7 Å². The topological polar surface area (TPSA) is 92.3 Å². The van der Waals surface area contributed by atoms with Crippen LogP contribution >= 0.6 is 34.5 Å². The summed E-state index contributed by atoms with van der Waals surface area (Å²) in [5.41, 5.74) is 3.08. The molecule has 0 radical (unpaired) electrons. The minimum atomic E-state index is -4.06. The average molecular weight is 547 g/mol. The van der Waals surface area contributed by atoms with Crippen molar-refractivity contribution < 1.29 is 13.2 Å². The summed E-state index contributed by atoms with van der Waals surface area (Å²) in [6, 6.07) is 18.1. The van der Waals surface area contributed by atoms with Crippen molar-refractivity contribution >= 4 is 61.3 Å². The molecule has 0 unspecified atom stereocenters. The van der Waals surface area contributed by atoms with E-state index in [9.17, 15) is 13.2 Å². The van der Waals surface area contributed by atoms with Gasteiger partial charge in [0.25, 0.3) is 10.0 Å². The van der Waals surface area contributed by atoms with Gasteiger partial charge in [-0.25, -0.2) is 8.42 Å². The van der Waals surface area contributed by atoms with Crippen LogP contribution < -0.4 is 9.62 Å². The number of carbonyl (C=O) groups is 1. The fraction of sp³-hybridized carbons (Fsp3) is 0.125. The van der Waals surface area contributed by atoms with Crippen molar-refractivity contribution in [1.82, 2.24) is 10.2 Å². The van der Waals surface area contributed by atoms with Crippen LogP contribution in [0.5, 0.6) is 0 Å². The number of carbonyl (C=O) groups excluding carboxylic acids is 1. The molecule has 0 spiro atoms. The number of sulfonamides is 1. The summed E-state index contributed by atoms with van der Waals surface area (Å²) in [5.74, 6) is -0.556. The highest BCUT2D eigenvalue weighted by Gasteiger charge is 2.28. The number of nitrogens with zero attached hydrogens (tertiary/aromatic N) is 3. The molecule has 180 valence electrons. The summed E-state index contributed by atoms with van der Waals surface area (Å²) in [6.45, 7) is 3.35. The Kier molecular flexibility index (Phi) is 7.42. The number of hydrogen-bond acceptors (Lipinski definition) is 6. The number of benzene rings is 3. The number of rotatable bonds is 7. The normalized spacial score (nSPS) is 11.3. The molecule has 1 amide bonds. The second-order valence-electron chi connectivity index (χ2n) is 7.70. The van der Waals surface area contributed by atoms with Gasteiger partial charge in [0.2, 0.25) is 11.0 Å². The molecule has 1 aromatic heterocycles. The predicted octanol–water partition coefficient (Wildman–Crippen LogP) is 5.96. The van der Waals surface area contributed by atoms with E-state index in [1.807, 2.05) is 19.9 Å². The molecule has 4 rings (SSSR count). The highest BCUT2D eigenvalue weighted by molar-refractivity contribution is 7.92. The van der Waals surface area contributed by atoms with Crippen LogP contribution in [-0.4, -0.2) is 31.1 Å². The zero-order valence-electron chi connectivity index (χ0n) is 18.7. The van der Waals surface area contributed by atoms with Gasteiger partial charge in [0, 0.05) is 15.6 Å². The van der Waals surface area contributed by atoms with E-state index in [-0.39, 0.29) is 10.0 Å². The van der Waals surface area contributed by atoms with Gasteiger partial charge < -0.3 is 0 Å². The summed E-state index contributed by atoms with van der Waals surface area (Å²) < 4.78 is 28.1. The molecule has 0 aliphatic carbocycles. The molecular formula is C24H20Cl2N4O3S2. The van der Waals surface area contributed by atoms with Gasteiger partial charge in [-0.2, -0.15) is 0 Å². The van der Waals surface area contributed by atoms with Crippen LogP contribution in [0.15, 0.2) is 71.6 Å². The van der Waals surface area contributed by atoms with E-state index in [4.69, 9.17) is 23.2 Å². The van der Waals surface area contributed by atoms with Crippen molar-refractivity contribution in [2.75, 3.05) is 16.2 Å². The second-order valence-corrected chi connectivity index (χ2v) is 11.4. The Morgan fingerprint density at radius 2 is 1.54 bits per heavy atom. The summed E-state index contributed by atoms with van der Waals surface area (Å²) in [4.78, 5) is 13.0. The smallest absolute Gasteiger partial charge is 0.264 e. The van der Waals surface area contributed by atoms with Crippen molar-refractivity contribution in [2.24, 2.45) is 0 Å². The van der Waals surface area contributed by atoms with Crippen LogP contribution in [0.3, 0.4) is 0 Å². The van der Waals surface area contributed by atoms with Gasteiger partial charge in [-0.3, -0.25) is 14.4 Å². The molecule has 3 aromatic carbocycles. The molecule has 0 saturated heterocycles. The Morgan fingerprint density at radius 1 is 0.914 bits per heavy atom. The standard InChI is InChI=1S/C24H20Cl2N4O3S2/c1-15-3-10-20(13-16(15)2)30(35(32,33)21-11-8-19(26)9-12-21)14-22(31)27-24-29-28-23(34-24)17-4-6-18(25)7-5-17/h3-13H,14H2,1-2H3,(H,27,29,31). The Hall–Kier alpha value is -2.98. The predicted molar refractivity (Wildman–Crippen MR) is 141 cm³/mol. The number of hydrogen-bond donors (Lipinski definition) is 1. The molecule has 1 N–H and O–H groups in total. The van der Waals surface area contributed by atoms with Crippen LogP contribution in [0.2, 0.25) is 10.0 Å². The van der Waals surface area contributed by atoms with E-state index >= 15 is 0 Å². The SMILES string of the molecule is Cc1ccc(N(CC(=O)Nc2nnc(-c3ccc(Cl)cc3)s2)S(=O)(=O)c2ccc(Cl)cc2)cc1C. The van der Waals surface area contributed by atoms with Crippen LogP contribution in [0.1, 0.15) is 11.1 Å². The van der Waals surface area contributed by atoms with Crippen molar-refractivity contribution in [1.29, 1.82) is 0 Å².